The first-order chi connectivity index (χ1) is 12.2. The van der Waals surface area contributed by atoms with Gasteiger partial charge in [0, 0.05) is 38.6 Å². The fraction of sp³-hybridized carbons (Fsp3) is 0.579. The molecule has 1 aromatic rings. The summed E-state index contributed by atoms with van der Waals surface area (Å²) in [5, 5.41) is 2.92. The maximum absolute atomic E-state index is 12.7. The fourth-order valence-electron chi connectivity index (χ4n) is 3.53. The molecule has 2 amide bonds. The quantitative estimate of drug-likeness (QED) is 0.758. The first kappa shape index (κ1) is 17.7. The largest absolute Gasteiger partial charge is 0.496 e. The number of amides is 2. The summed E-state index contributed by atoms with van der Waals surface area (Å²) in [5.41, 5.74) is 0.989. The molecule has 1 N–H and O–H groups in total. The molecule has 25 heavy (non-hydrogen) atoms. The third-order valence-electron chi connectivity index (χ3n) is 5.04. The lowest BCUT2D eigenvalue weighted by molar-refractivity contribution is -0.132. The average Bonchev–Trinajstić information content (AvgIpc) is 3.39. The van der Waals surface area contributed by atoms with Gasteiger partial charge in [0.1, 0.15) is 5.75 Å². The van der Waals surface area contributed by atoms with E-state index in [1.807, 2.05) is 29.2 Å². The Labute approximate surface area is 148 Å². The number of nitrogens with zero attached hydrogens (tertiary/aromatic N) is 1. The van der Waals surface area contributed by atoms with Crippen molar-refractivity contribution in [2.75, 3.05) is 40.5 Å². The van der Waals surface area contributed by atoms with Crippen molar-refractivity contribution in [3.8, 4) is 5.75 Å². The molecule has 0 spiro atoms. The van der Waals surface area contributed by atoms with Gasteiger partial charge in [-0.25, -0.2) is 0 Å². The van der Waals surface area contributed by atoms with Crippen molar-refractivity contribution < 1.29 is 19.1 Å². The van der Waals surface area contributed by atoms with Crippen molar-refractivity contribution in [1.82, 2.24) is 10.2 Å². The topological polar surface area (TPSA) is 67.9 Å². The minimum absolute atomic E-state index is 0.0287. The Morgan fingerprint density at radius 2 is 1.96 bits per heavy atom. The second kappa shape index (κ2) is 7.87. The highest BCUT2D eigenvalue weighted by molar-refractivity contribution is 5.85. The minimum atomic E-state index is -0.268. The number of para-hydroxylation sites is 1. The van der Waals surface area contributed by atoms with Gasteiger partial charge in [0.15, 0.2) is 0 Å². The van der Waals surface area contributed by atoms with Crippen LogP contribution in [0.2, 0.25) is 0 Å². The maximum Gasteiger partial charge on any atom is 0.225 e. The number of nitrogens with one attached hydrogen (secondary N) is 1. The number of hydrogen-bond donors (Lipinski definition) is 1. The van der Waals surface area contributed by atoms with Gasteiger partial charge in [-0.05, 0) is 24.5 Å². The van der Waals surface area contributed by atoms with Crippen LogP contribution in [0.3, 0.4) is 0 Å². The van der Waals surface area contributed by atoms with Gasteiger partial charge in [0.2, 0.25) is 11.8 Å². The number of likely N-dealkylation sites (tertiary alicyclic amines) is 1. The molecule has 0 aromatic heterocycles. The number of ether oxygens (including phenoxy) is 2. The van der Waals surface area contributed by atoms with E-state index in [9.17, 15) is 9.59 Å². The maximum atomic E-state index is 12.7. The zero-order valence-corrected chi connectivity index (χ0v) is 14.9. The van der Waals surface area contributed by atoms with E-state index in [1.54, 1.807) is 14.2 Å². The lowest BCUT2D eigenvalue weighted by Gasteiger charge is -2.20. The Hall–Kier alpha value is -2.08. The summed E-state index contributed by atoms with van der Waals surface area (Å²) in [6.45, 7) is 1.98. The van der Waals surface area contributed by atoms with Gasteiger partial charge >= 0.3 is 0 Å². The third kappa shape index (κ3) is 3.95. The summed E-state index contributed by atoms with van der Waals surface area (Å²) >= 11 is 0. The molecule has 0 bridgehead atoms. The highest BCUT2D eigenvalue weighted by atomic mass is 16.5. The van der Waals surface area contributed by atoms with E-state index >= 15 is 0 Å². The van der Waals surface area contributed by atoms with Crippen molar-refractivity contribution in [2.24, 2.45) is 11.8 Å². The molecule has 6 heteroatoms. The molecule has 2 fully saturated rings. The Kier molecular flexibility index (Phi) is 5.58. The van der Waals surface area contributed by atoms with Gasteiger partial charge in [-0.15, -0.1) is 0 Å². The van der Waals surface area contributed by atoms with E-state index < -0.39 is 0 Å². The summed E-state index contributed by atoms with van der Waals surface area (Å²) in [4.78, 5) is 27.1. The Morgan fingerprint density at radius 1 is 1.20 bits per heavy atom. The van der Waals surface area contributed by atoms with Crippen molar-refractivity contribution in [3.05, 3.63) is 29.8 Å². The number of carbonyl (C=O) groups excluding carboxylic acids is 2. The van der Waals surface area contributed by atoms with Gasteiger partial charge in [0.05, 0.1) is 19.6 Å². The molecule has 6 nitrogen and oxygen atoms in total. The fourth-order valence-corrected chi connectivity index (χ4v) is 3.53. The van der Waals surface area contributed by atoms with Crippen molar-refractivity contribution in [2.45, 2.75) is 18.8 Å². The molecule has 1 saturated heterocycles. The minimum Gasteiger partial charge on any atom is -0.496 e. The van der Waals surface area contributed by atoms with Crippen molar-refractivity contribution in [3.63, 3.8) is 0 Å². The standard InChI is InChI=1S/C19H26N2O4/c1-24-10-9-20-18(22)16-12-21(19(23)13-7-8-13)11-15(16)14-5-3-4-6-17(14)25-2/h3-6,13,15-16H,7-12H2,1-2H3,(H,20,22). The molecule has 2 aliphatic rings. The second-order valence-corrected chi connectivity index (χ2v) is 6.76. The van der Waals surface area contributed by atoms with E-state index in [4.69, 9.17) is 9.47 Å². The Morgan fingerprint density at radius 3 is 2.64 bits per heavy atom. The number of carbonyl (C=O) groups is 2. The monoisotopic (exact) mass is 346 g/mol. The Balaban J connectivity index is 1.80. The van der Waals surface area contributed by atoms with Crippen LogP contribution in [0.1, 0.15) is 24.3 Å². The lowest BCUT2D eigenvalue weighted by atomic mass is 9.87. The van der Waals surface area contributed by atoms with Crippen LogP contribution in [0.25, 0.3) is 0 Å². The van der Waals surface area contributed by atoms with E-state index in [0.717, 1.165) is 24.2 Å². The summed E-state index contributed by atoms with van der Waals surface area (Å²) < 4.78 is 10.5. The van der Waals surface area contributed by atoms with Crippen LogP contribution in [0, 0.1) is 11.8 Å². The Bertz CT molecular complexity index is 630. The predicted octanol–water partition coefficient (Wildman–Crippen LogP) is 1.41. The highest BCUT2D eigenvalue weighted by Crippen LogP contribution is 2.40. The van der Waals surface area contributed by atoms with E-state index in [0.29, 0.717) is 26.2 Å². The molecule has 1 aliphatic heterocycles. The van der Waals surface area contributed by atoms with Gasteiger partial charge in [-0.2, -0.15) is 0 Å². The summed E-state index contributed by atoms with van der Waals surface area (Å²) in [6.07, 6.45) is 1.94. The zero-order valence-electron chi connectivity index (χ0n) is 14.9. The van der Waals surface area contributed by atoms with Crippen LogP contribution < -0.4 is 10.1 Å². The van der Waals surface area contributed by atoms with Gasteiger partial charge < -0.3 is 19.7 Å². The van der Waals surface area contributed by atoms with Crippen LogP contribution in [0.4, 0.5) is 0 Å². The van der Waals surface area contributed by atoms with E-state index in [1.165, 1.54) is 0 Å². The van der Waals surface area contributed by atoms with E-state index in [-0.39, 0.29) is 29.6 Å². The lowest BCUT2D eigenvalue weighted by Crippen LogP contribution is -2.37. The van der Waals surface area contributed by atoms with Crippen molar-refractivity contribution >= 4 is 11.8 Å². The first-order valence-electron chi connectivity index (χ1n) is 8.84. The summed E-state index contributed by atoms with van der Waals surface area (Å²) in [5.74, 6) is 0.764. The summed E-state index contributed by atoms with van der Waals surface area (Å²) in [7, 11) is 3.24. The van der Waals surface area contributed by atoms with Gasteiger partial charge in [0.25, 0.3) is 0 Å². The third-order valence-corrected chi connectivity index (χ3v) is 5.04. The van der Waals surface area contributed by atoms with Crippen LogP contribution in [-0.4, -0.2) is 57.2 Å². The van der Waals surface area contributed by atoms with Gasteiger partial charge in [-0.3, -0.25) is 9.59 Å². The highest BCUT2D eigenvalue weighted by Gasteiger charge is 2.44. The number of rotatable bonds is 7. The normalized spacial score (nSPS) is 22.7. The molecular weight excluding hydrogens is 320 g/mol. The molecule has 3 rings (SSSR count). The van der Waals surface area contributed by atoms with Gasteiger partial charge in [-0.1, -0.05) is 18.2 Å². The molecule has 0 radical (unpaired) electrons. The van der Waals surface area contributed by atoms with Crippen LogP contribution in [0.5, 0.6) is 5.75 Å². The molecule has 136 valence electrons. The SMILES string of the molecule is COCCNC(=O)C1CN(C(=O)C2CC2)CC1c1ccccc1OC. The molecule has 2 atom stereocenters. The van der Waals surface area contributed by atoms with Crippen LogP contribution in [0.15, 0.2) is 24.3 Å². The second-order valence-electron chi connectivity index (χ2n) is 6.76. The predicted molar refractivity (Wildman–Crippen MR) is 93.4 cm³/mol. The van der Waals surface area contributed by atoms with Crippen molar-refractivity contribution in [1.29, 1.82) is 0 Å². The first-order valence-corrected chi connectivity index (χ1v) is 8.84. The van der Waals surface area contributed by atoms with E-state index in [2.05, 4.69) is 5.32 Å². The smallest absolute Gasteiger partial charge is 0.225 e. The summed E-state index contributed by atoms with van der Waals surface area (Å²) in [6, 6.07) is 7.76. The molecule has 1 saturated carbocycles. The molecule has 1 heterocycles. The molecule has 1 aromatic carbocycles. The molecular formula is C19H26N2O4. The number of benzene rings is 1. The van der Waals surface area contributed by atoms with Crippen LogP contribution in [-0.2, 0) is 14.3 Å². The number of methoxy groups -OCH3 is 2. The average molecular weight is 346 g/mol. The number of hydrogen-bond acceptors (Lipinski definition) is 4. The molecule has 2 unspecified atom stereocenters. The molecule has 1 aliphatic carbocycles. The zero-order chi connectivity index (χ0) is 17.8. The van der Waals surface area contributed by atoms with Crippen LogP contribution >= 0.6 is 0 Å².